The van der Waals surface area contributed by atoms with Gasteiger partial charge in [0.15, 0.2) is 6.61 Å². The zero-order chi connectivity index (χ0) is 15.1. The number of unbranched alkanes of at least 4 members (excludes halogenated alkanes) is 3. The Balaban J connectivity index is 1.78. The van der Waals surface area contributed by atoms with Crippen molar-refractivity contribution in [1.82, 2.24) is 5.32 Å². The molecule has 0 radical (unpaired) electrons. The van der Waals surface area contributed by atoms with Gasteiger partial charge in [-0.15, -0.1) is 0 Å². The molecule has 0 aromatic heterocycles. The molecule has 1 amide bonds. The summed E-state index contributed by atoms with van der Waals surface area (Å²) in [7, 11) is 0. The number of anilines is 1. The zero-order valence-electron chi connectivity index (χ0n) is 13.1. The molecule has 21 heavy (non-hydrogen) atoms. The maximum atomic E-state index is 11.3. The number of hydrogen-bond donors (Lipinski definition) is 2. The third-order valence-electron chi connectivity index (χ3n) is 3.82. The average molecular weight is 290 g/mol. The topological polar surface area (TPSA) is 50.4 Å². The fourth-order valence-electron chi connectivity index (χ4n) is 2.51. The lowest BCUT2D eigenvalue weighted by Gasteiger charge is -2.19. The van der Waals surface area contributed by atoms with Gasteiger partial charge in [0.1, 0.15) is 5.75 Å². The van der Waals surface area contributed by atoms with E-state index < -0.39 is 0 Å². The van der Waals surface area contributed by atoms with E-state index in [1.54, 1.807) is 0 Å². The second kappa shape index (κ2) is 8.03. The molecule has 0 bridgehead atoms. The van der Waals surface area contributed by atoms with E-state index in [2.05, 4.69) is 24.5 Å². The van der Waals surface area contributed by atoms with E-state index in [1.165, 1.54) is 37.7 Å². The number of amides is 1. The molecule has 2 rings (SSSR count). The molecular weight excluding hydrogens is 264 g/mol. The van der Waals surface area contributed by atoms with Crippen molar-refractivity contribution in [1.29, 1.82) is 0 Å². The van der Waals surface area contributed by atoms with E-state index >= 15 is 0 Å². The molecular formula is C17H26N2O2. The van der Waals surface area contributed by atoms with Crippen LogP contribution in [0.5, 0.6) is 5.75 Å². The Morgan fingerprint density at radius 2 is 2.19 bits per heavy atom. The predicted octanol–water partition coefficient (Wildman–Crippen LogP) is 3.47. The van der Waals surface area contributed by atoms with Crippen LogP contribution in [0.1, 0.15) is 51.5 Å². The van der Waals surface area contributed by atoms with Crippen LogP contribution in [-0.2, 0) is 11.3 Å². The van der Waals surface area contributed by atoms with Gasteiger partial charge in [0.25, 0.3) is 5.91 Å². The van der Waals surface area contributed by atoms with Gasteiger partial charge in [-0.05, 0) is 31.0 Å². The average Bonchev–Trinajstić information content (AvgIpc) is 2.49. The molecule has 0 saturated heterocycles. The maximum absolute atomic E-state index is 11.3. The van der Waals surface area contributed by atoms with E-state index in [0.717, 1.165) is 18.0 Å². The summed E-state index contributed by atoms with van der Waals surface area (Å²) in [5, 5.41) is 6.38. The molecule has 1 aliphatic heterocycles. The van der Waals surface area contributed by atoms with Crippen molar-refractivity contribution in [2.75, 3.05) is 11.9 Å². The number of carbonyl (C=O) groups is 1. The molecule has 116 valence electrons. The summed E-state index contributed by atoms with van der Waals surface area (Å²) >= 11 is 0. The normalized spacial score (nSPS) is 15.0. The van der Waals surface area contributed by atoms with Crippen molar-refractivity contribution >= 4 is 11.6 Å². The summed E-state index contributed by atoms with van der Waals surface area (Å²) in [6, 6.07) is 6.48. The molecule has 1 aromatic rings. The Kier molecular flexibility index (Phi) is 6.05. The lowest BCUT2D eigenvalue weighted by atomic mass is 10.1. The van der Waals surface area contributed by atoms with Crippen LogP contribution in [0.15, 0.2) is 18.2 Å². The van der Waals surface area contributed by atoms with Crippen LogP contribution in [0, 0.1) is 0 Å². The van der Waals surface area contributed by atoms with Crippen molar-refractivity contribution in [3.8, 4) is 5.75 Å². The van der Waals surface area contributed by atoms with Crippen LogP contribution < -0.4 is 15.4 Å². The molecule has 1 aliphatic rings. The summed E-state index contributed by atoms with van der Waals surface area (Å²) in [4.78, 5) is 11.3. The third kappa shape index (κ3) is 5.05. The molecule has 0 aliphatic carbocycles. The van der Waals surface area contributed by atoms with Crippen molar-refractivity contribution in [2.24, 2.45) is 0 Å². The highest BCUT2D eigenvalue weighted by Crippen LogP contribution is 2.28. The lowest BCUT2D eigenvalue weighted by Crippen LogP contribution is -2.27. The SMILES string of the molecule is CCCCCCC(C)NCc1ccc2c(c1)NC(=O)CO2. The van der Waals surface area contributed by atoms with Crippen LogP contribution in [0.4, 0.5) is 5.69 Å². The second-order valence-corrected chi connectivity index (χ2v) is 5.80. The highest BCUT2D eigenvalue weighted by molar-refractivity contribution is 5.95. The van der Waals surface area contributed by atoms with Crippen LogP contribution >= 0.6 is 0 Å². The number of ether oxygens (including phenoxy) is 1. The van der Waals surface area contributed by atoms with Gasteiger partial charge >= 0.3 is 0 Å². The van der Waals surface area contributed by atoms with Gasteiger partial charge in [-0.2, -0.15) is 0 Å². The standard InChI is InChI=1S/C17H26N2O2/c1-3-4-5-6-7-13(2)18-11-14-8-9-16-15(10-14)19-17(20)12-21-16/h8-10,13,18H,3-7,11-12H2,1-2H3,(H,19,20). The number of rotatable bonds is 8. The largest absolute Gasteiger partial charge is 0.482 e. The second-order valence-electron chi connectivity index (χ2n) is 5.80. The first-order chi connectivity index (χ1) is 10.2. The van der Waals surface area contributed by atoms with E-state index in [1.807, 2.05) is 18.2 Å². The molecule has 1 heterocycles. The van der Waals surface area contributed by atoms with Gasteiger partial charge in [-0.1, -0.05) is 38.7 Å². The monoisotopic (exact) mass is 290 g/mol. The maximum Gasteiger partial charge on any atom is 0.262 e. The molecule has 0 fully saturated rings. The first-order valence-electron chi connectivity index (χ1n) is 7.98. The van der Waals surface area contributed by atoms with Gasteiger partial charge < -0.3 is 15.4 Å². The summed E-state index contributed by atoms with van der Waals surface area (Å²) in [6.45, 7) is 5.40. The van der Waals surface area contributed by atoms with Crippen molar-refractivity contribution in [2.45, 2.75) is 58.5 Å². The van der Waals surface area contributed by atoms with Gasteiger partial charge in [-0.3, -0.25) is 4.79 Å². The van der Waals surface area contributed by atoms with Gasteiger partial charge in [0.05, 0.1) is 5.69 Å². The van der Waals surface area contributed by atoms with Crippen LogP contribution in [0.25, 0.3) is 0 Å². The highest BCUT2D eigenvalue weighted by Gasteiger charge is 2.15. The van der Waals surface area contributed by atoms with Gasteiger partial charge in [-0.25, -0.2) is 0 Å². The first-order valence-corrected chi connectivity index (χ1v) is 7.98. The minimum Gasteiger partial charge on any atom is -0.482 e. The fourth-order valence-corrected chi connectivity index (χ4v) is 2.51. The number of benzene rings is 1. The number of hydrogen-bond acceptors (Lipinski definition) is 3. The smallest absolute Gasteiger partial charge is 0.262 e. The molecule has 1 atom stereocenters. The van der Waals surface area contributed by atoms with E-state index in [4.69, 9.17) is 4.74 Å². The van der Waals surface area contributed by atoms with Crippen molar-refractivity contribution in [3.63, 3.8) is 0 Å². The predicted molar refractivity (Wildman–Crippen MR) is 85.6 cm³/mol. The lowest BCUT2D eigenvalue weighted by molar-refractivity contribution is -0.118. The Labute approximate surface area is 127 Å². The number of carbonyl (C=O) groups excluding carboxylic acids is 1. The minimum absolute atomic E-state index is 0.0862. The van der Waals surface area contributed by atoms with E-state index in [9.17, 15) is 4.79 Å². The highest BCUT2D eigenvalue weighted by atomic mass is 16.5. The molecule has 4 nitrogen and oxygen atoms in total. The Morgan fingerprint density at radius 3 is 3.00 bits per heavy atom. The summed E-state index contributed by atoms with van der Waals surface area (Å²) in [6.07, 6.45) is 6.44. The molecule has 0 saturated carbocycles. The van der Waals surface area contributed by atoms with Crippen LogP contribution in [-0.4, -0.2) is 18.6 Å². The first kappa shape index (κ1) is 15.8. The van der Waals surface area contributed by atoms with E-state index in [-0.39, 0.29) is 12.5 Å². The fraction of sp³-hybridized carbons (Fsp3) is 0.588. The summed E-state index contributed by atoms with van der Waals surface area (Å²) in [5.41, 5.74) is 1.95. The third-order valence-corrected chi connectivity index (χ3v) is 3.82. The Bertz CT molecular complexity index is 474. The van der Waals surface area contributed by atoms with Gasteiger partial charge in [0.2, 0.25) is 0 Å². The van der Waals surface area contributed by atoms with Crippen molar-refractivity contribution in [3.05, 3.63) is 23.8 Å². The minimum atomic E-state index is -0.0862. The van der Waals surface area contributed by atoms with E-state index in [0.29, 0.717) is 6.04 Å². The molecule has 2 N–H and O–H groups in total. The zero-order valence-corrected chi connectivity index (χ0v) is 13.1. The molecule has 0 spiro atoms. The van der Waals surface area contributed by atoms with Crippen LogP contribution in [0.3, 0.4) is 0 Å². The molecule has 1 aromatic carbocycles. The Hall–Kier alpha value is -1.55. The summed E-state index contributed by atoms with van der Waals surface area (Å²) in [5.74, 6) is 0.669. The summed E-state index contributed by atoms with van der Waals surface area (Å²) < 4.78 is 5.36. The van der Waals surface area contributed by atoms with Crippen LogP contribution in [0.2, 0.25) is 0 Å². The Morgan fingerprint density at radius 1 is 1.33 bits per heavy atom. The van der Waals surface area contributed by atoms with Gasteiger partial charge in [0, 0.05) is 12.6 Å². The van der Waals surface area contributed by atoms with Crippen molar-refractivity contribution < 1.29 is 9.53 Å². The number of nitrogens with one attached hydrogen (secondary N) is 2. The molecule has 1 unspecified atom stereocenters. The number of fused-ring (bicyclic) bond motifs is 1. The quantitative estimate of drug-likeness (QED) is 0.721. The molecule has 4 heteroatoms.